The van der Waals surface area contributed by atoms with Crippen molar-refractivity contribution in [2.45, 2.75) is 25.6 Å². The minimum Gasteiger partial charge on any atom is -0.355 e. The maximum Gasteiger partial charge on any atom is 0.404 e. The van der Waals surface area contributed by atoms with Gasteiger partial charge < -0.3 is 15.1 Å². The van der Waals surface area contributed by atoms with E-state index in [0.717, 1.165) is 38.3 Å². The lowest BCUT2D eigenvalue weighted by atomic mass is 9.85. The van der Waals surface area contributed by atoms with Gasteiger partial charge in [0.15, 0.2) is 5.41 Å². The van der Waals surface area contributed by atoms with Crippen LogP contribution in [0.25, 0.3) is 0 Å². The van der Waals surface area contributed by atoms with E-state index in [2.05, 4.69) is 22.2 Å². The first kappa shape index (κ1) is 22.1. The summed E-state index contributed by atoms with van der Waals surface area (Å²) in [6, 6.07) is 9.41. The van der Waals surface area contributed by atoms with E-state index in [-0.39, 0.29) is 26.1 Å². The number of nitrogens with zero attached hydrogens (tertiary/aromatic N) is 3. The largest absolute Gasteiger partial charge is 0.404 e. The number of amides is 1. The van der Waals surface area contributed by atoms with Crippen molar-refractivity contribution >= 4 is 5.91 Å². The molecule has 8 heteroatoms. The van der Waals surface area contributed by atoms with Gasteiger partial charge in [-0.05, 0) is 38.5 Å². The van der Waals surface area contributed by atoms with Crippen molar-refractivity contribution in [2.24, 2.45) is 5.41 Å². The fourth-order valence-electron chi connectivity index (χ4n) is 4.16. The number of carbonyl (C=O) groups is 1. The zero-order valence-corrected chi connectivity index (χ0v) is 17.0. The first-order chi connectivity index (χ1) is 13.8. The van der Waals surface area contributed by atoms with Crippen LogP contribution in [0.15, 0.2) is 30.3 Å². The lowest BCUT2D eigenvalue weighted by molar-refractivity contribution is -0.218. The third-order valence-electron chi connectivity index (χ3n) is 6.11. The third kappa shape index (κ3) is 5.49. The number of piperazine rings is 1. The van der Waals surface area contributed by atoms with Gasteiger partial charge in [-0.2, -0.15) is 13.2 Å². The summed E-state index contributed by atoms with van der Waals surface area (Å²) in [5.74, 6) is -0.876. The maximum absolute atomic E-state index is 13.9. The molecule has 2 aliphatic heterocycles. The van der Waals surface area contributed by atoms with Crippen LogP contribution < -0.4 is 5.32 Å². The zero-order valence-electron chi connectivity index (χ0n) is 17.0. The smallest absolute Gasteiger partial charge is 0.355 e. The summed E-state index contributed by atoms with van der Waals surface area (Å²) >= 11 is 0. The Balaban J connectivity index is 1.51. The van der Waals surface area contributed by atoms with E-state index in [1.54, 1.807) is 4.90 Å². The van der Waals surface area contributed by atoms with Gasteiger partial charge in [0.2, 0.25) is 5.91 Å². The van der Waals surface area contributed by atoms with E-state index in [1.807, 2.05) is 30.3 Å². The summed E-state index contributed by atoms with van der Waals surface area (Å²) in [5.41, 5.74) is -1.35. The van der Waals surface area contributed by atoms with Gasteiger partial charge in [-0.15, -0.1) is 0 Å². The summed E-state index contributed by atoms with van der Waals surface area (Å²) in [4.78, 5) is 18.9. The third-order valence-corrected chi connectivity index (χ3v) is 6.11. The molecule has 0 radical (unpaired) electrons. The molecule has 0 aromatic heterocycles. The molecule has 0 saturated carbocycles. The molecule has 2 fully saturated rings. The topological polar surface area (TPSA) is 38.8 Å². The van der Waals surface area contributed by atoms with Gasteiger partial charge in [0.25, 0.3) is 0 Å². The van der Waals surface area contributed by atoms with Crippen LogP contribution in [-0.4, -0.2) is 86.2 Å². The zero-order chi connectivity index (χ0) is 20.9. The minimum atomic E-state index is -4.56. The monoisotopic (exact) mass is 412 g/mol. The van der Waals surface area contributed by atoms with E-state index >= 15 is 0 Å². The van der Waals surface area contributed by atoms with Gasteiger partial charge in [-0.3, -0.25) is 9.69 Å². The first-order valence-corrected chi connectivity index (χ1v) is 10.3. The van der Waals surface area contributed by atoms with Crippen molar-refractivity contribution in [2.75, 3.05) is 59.4 Å². The highest BCUT2D eigenvalue weighted by atomic mass is 19.4. The molecular weight excluding hydrogens is 381 g/mol. The molecule has 162 valence electrons. The van der Waals surface area contributed by atoms with Crippen LogP contribution in [-0.2, 0) is 11.3 Å². The lowest BCUT2D eigenvalue weighted by Gasteiger charge is -2.33. The van der Waals surface area contributed by atoms with Crippen molar-refractivity contribution in [1.29, 1.82) is 0 Å². The molecular formula is C21H31F3N4O. The number of halogens is 3. The summed E-state index contributed by atoms with van der Waals surface area (Å²) in [6.45, 7) is 5.42. The quantitative estimate of drug-likeness (QED) is 0.697. The van der Waals surface area contributed by atoms with E-state index in [4.69, 9.17) is 0 Å². The lowest BCUT2D eigenvalue weighted by Crippen LogP contribution is -2.52. The Morgan fingerprint density at radius 3 is 2.41 bits per heavy atom. The molecule has 29 heavy (non-hydrogen) atoms. The van der Waals surface area contributed by atoms with Crippen LogP contribution in [0.5, 0.6) is 0 Å². The average molecular weight is 413 g/mol. The van der Waals surface area contributed by atoms with Crippen LogP contribution in [0.3, 0.4) is 0 Å². The Bertz CT molecular complexity index is 662. The molecule has 1 N–H and O–H groups in total. The van der Waals surface area contributed by atoms with Crippen LogP contribution in [0, 0.1) is 5.41 Å². The summed E-state index contributed by atoms with van der Waals surface area (Å²) in [6.07, 6.45) is -4.08. The van der Waals surface area contributed by atoms with E-state index < -0.39 is 17.5 Å². The number of carbonyl (C=O) groups excluding carboxylic acids is 1. The average Bonchev–Trinajstić information content (AvgIpc) is 3.12. The van der Waals surface area contributed by atoms with Crippen LogP contribution in [0.4, 0.5) is 13.2 Å². The number of alkyl halides is 3. The fraction of sp³-hybridized carbons (Fsp3) is 0.667. The summed E-state index contributed by atoms with van der Waals surface area (Å²) < 4.78 is 41.7. The number of hydrogen-bond donors (Lipinski definition) is 1. The van der Waals surface area contributed by atoms with Crippen molar-refractivity contribution in [3.63, 3.8) is 0 Å². The molecule has 2 saturated heterocycles. The number of rotatable bonds is 7. The number of nitrogens with one attached hydrogen (secondary N) is 1. The summed E-state index contributed by atoms with van der Waals surface area (Å²) in [5, 5.41) is 2.58. The van der Waals surface area contributed by atoms with Crippen molar-refractivity contribution in [3.05, 3.63) is 35.9 Å². The molecule has 0 aliphatic carbocycles. The van der Waals surface area contributed by atoms with Gasteiger partial charge in [0.05, 0.1) is 0 Å². The molecule has 2 heterocycles. The highest BCUT2D eigenvalue weighted by Crippen LogP contribution is 2.46. The standard InChI is InChI=1S/C21H31F3N4O/c1-26-12-14-27(15-13-26)10-5-9-25-19(29)20(21(22,23)24)8-11-28(17-20)16-18-6-3-2-4-7-18/h2-4,6-7H,5,8-17H2,1H3,(H,25,29). The van der Waals surface area contributed by atoms with Gasteiger partial charge in [0, 0.05) is 45.8 Å². The molecule has 1 atom stereocenters. The Kier molecular flexibility index (Phi) is 7.19. The van der Waals surface area contributed by atoms with Crippen molar-refractivity contribution in [3.8, 4) is 0 Å². The van der Waals surface area contributed by atoms with E-state index in [1.165, 1.54) is 0 Å². The first-order valence-electron chi connectivity index (χ1n) is 10.3. The number of likely N-dealkylation sites (N-methyl/N-ethyl adjacent to an activating group) is 1. The molecule has 1 aromatic rings. The Morgan fingerprint density at radius 1 is 1.07 bits per heavy atom. The summed E-state index contributed by atoms with van der Waals surface area (Å²) in [7, 11) is 2.08. The Labute approximate surface area is 170 Å². The second-order valence-electron chi connectivity index (χ2n) is 8.28. The van der Waals surface area contributed by atoms with E-state index in [0.29, 0.717) is 13.0 Å². The fourth-order valence-corrected chi connectivity index (χ4v) is 4.16. The molecule has 0 spiro atoms. The molecule has 0 bridgehead atoms. The van der Waals surface area contributed by atoms with Crippen molar-refractivity contribution < 1.29 is 18.0 Å². The second kappa shape index (κ2) is 9.45. The number of benzene rings is 1. The normalized spacial score (nSPS) is 24.7. The molecule has 2 aliphatic rings. The van der Waals surface area contributed by atoms with Gasteiger partial charge in [-0.1, -0.05) is 30.3 Å². The minimum absolute atomic E-state index is 0.187. The number of likely N-dealkylation sites (tertiary alicyclic amines) is 1. The Morgan fingerprint density at radius 2 is 1.76 bits per heavy atom. The molecule has 5 nitrogen and oxygen atoms in total. The van der Waals surface area contributed by atoms with Crippen LogP contribution >= 0.6 is 0 Å². The number of hydrogen-bond acceptors (Lipinski definition) is 4. The molecule has 1 unspecified atom stereocenters. The molecule has 1 amide bonds. The SMILES string of the molecule is CN1CCN(CCCNC(=O)C2(C(F)(F)F)CCN(Cc3ccccc3)C2)CC1. The van der Waals surface area contributed by atoms with Gasteiger partial charge >= 0.3 is 6.18 Å². The van der Waals surface area contributed by atoms with Crippen LogP contribution in [0.1, 0.15) is 18.4 Å². The predicted octanol–water partition coefficient (Wildman–Crippen LogP) is 2.19. The Hall–Kier alpha value is -1.64. The van der Waals surface area contributed by atoms with Gasteiger partial charge in [-0.25, -0.2) is 0 Å². The highest BCUT2D eigenvalue weighted by molar-refractivity contribution is 5.84. The van der Waals surface area contributed by atoms with Crippen molar-refractivity contribution in [1.82, 2.24) is 20.0 Å². The molecule has 3 rings (SSSR count). The highest BCUT2D eigenvalue weighted by Gasteiger charge is 2.62. The van der Waals surface area contributed by atoms with Crippen LogP contribution in [0.2, 0.25) is 0 Å². The predicted molar refractivity (Wildman–Crippen MR) is 106 cm³/mol. The van der Waals surface area contributed by atoms with Gasteiger partial charge in [0.1, 0.15) is 0 Å². The van der Waals surface area contributed by atoms with E-state index in [9.17, 15) is 18.0 Å². The second-order valence-corrected chi connectivity index (χ2v) is 8.28. The molecule has 1 aromatic carbocycles. The maximum atomic E-state index is 13.9.